The average Bonchev–Trinajstić information content (AvgIpc) is 2.34. The number of sulfone groups is 2. The summed E-state index contributed by atoms with van der Waals surface area (Å²) in [5.41, 5.74) is -0.528. The summed E-state index contributed by atoms with van der Waals surface area (Å²) < 4.78 is 47.7. The lowest BCUT2D eigenvalue weighted by Gasteiger charge is -2.12. The molecule has 114 valence electrons. The van der Waals surface area contributed by atoms with E-state index >= 15 is 0 Å². The predicted molar refractivity (Wildman–Crippen MR) is 73.8 cm³/mol. The molecule has 0 radical (unpaired) electrons. The number of nitriles is 1. The minimum atomic E-state index is -4.22. The van der Waals surface area contributed by atoms with Crippen LogP contribution < -0.4 is 0 Å². The zero-order valence-electron chi connectivity index (χ0n) is 10.7. The molecule has 1 aromatic rings. The van der Waals surface area contributed by atoms with Gasteiger partial charge in [0, 0.05) is 12.7 Å². The topological polar surface area (TPSA) is 129 Å². The minimum Gasteiger partial charge on any atom is -0.478 e. The molecule has 0 spiro atoms. The fourth-order valence-corrected chi connectivity index (χ4v) is 5.13. The van der Waals surface area contributed by atoms with Gasteiger partial charge in [0.05, 0.1) is 27.3 Å². The van der Waals surface area contributed by atoms with Gasteiger partial charge in [-0.15, -0.1) is 0 Å². The summed E-state index contributed by atoms with van der Waals surface area (Å²) in [7, 11) is -8.17. The van der Waals surface area contributed by atoms with Gasteiger partial charge < -0.3 is 5.11 Å². The van der Waals surface area contributed by atoms with Gasteiger partial charge in [-0.3, -0.25) is 0 Å². The second-order valence-electron chi connectivity index (χ2n) is 4.06. The van der Waals surface area contributed by atoms with E-state index in [-0.39, 0.29) is 6.42 Å². The first kappa shape index (κ1) is 17.4. The molecule has 0 aromatic heterocycles. The highest BCUT2D eigenvalue weighted by molar-refractivity contribution is 7.94. The number of carboxylic acids is 1. The first-order chi connectivity index (χ1) is 9.52. The minimum absolute atomic E-state index is 0.376. The zero-order chi connectivity index (χ0) is 16.4. The van der Waals surface area contributed by atoms with E-state index in [1.54, 1.807) is 6.07 Å². The van der Waals surface area contributed by atoms with Crippen molar-refractivity contribution in [3.05, 3.63) is 22.7 Å². The van der Waals surface area contributed by atoms with Gasteiger partial charge in [-0.1, -0.05) is 11.6 Å². The van der Waals surface area contributed by atoms with Crippen LogP contribution in [0.4, 0.5) is 0 Å². The fourth-order valence-electron chi connectivity index (χ4n) is 1.57. The first-order valence-corrected chi connectivity index (χ1v) is 9.30. The number of nitrogens with zero attached hydrogens (tertiary/aromatic N) is 1. The average molecular weight is 352 g/mol. The van der Waals surface area contributed by atoms with E-state index in [2.05, 4.69) is 0 Å². The molecule has 0 unspecified atom stereocenters. The molecule has 1 aromatic carbocycles. The van der Waals surface area contributed by atoms with Crippen molar-refractivity contribution in [3.8, 4) is 6.07 Å². The maximum atomic E-state index is 12.2. The van der Waals surface area contributed by atoms with Crippen LogP contribution in [-0.2, 0) is 19.7 Å². The predicted octanol–water partition coefficient (Wildman–Crippen LogP) is 1.13. The van der Waals surface area contributed by atoms with Crippen molar-refractivity contribution in [2.45, 2.75) is 16.2 Å². The Bertz CT molecular complexity index is 836. The van der Waals surface area contributed by atoms with Gasteiger partial charge >= 0.3 is 5.97 Å². The standard InChI is InChI=1S/C11H10ClNO6S2/c1-20(16,17)8-4-3-7(11(14)15)9(12)10(8)21(18,19)6-2-5-13/h3-4H,2,6H2,1H3,(H,14,15). The maximum absolute atomic E-state index is 12.2. The first-order valence-electron chi connectivity index (χ1n) is 5.38. The number of halogens is 1. The van der Waals surface area contributed by atoms with Crippen LogP contribution >= 0.6 is 11.6 Å². The Morgan fingerprint density at radius 2 is 1.90 bits per heavy atom. The number of carbonyl (C=O) groups is 1. The van der Waals surface area contributed by atoms with Crippen molar-refractivity contribution in [2.75, 3.05) is 12.0 Å². The summed E-state index contributed by atoms with van der Waals surface area (Å²) >= 11 is 5.77. The summed E-state index contributed by atoms with van der Waals surface area (Å²) in [5.74, 6) is -2.15. The highest BCUT2D eigenvalue weighted by atomic mass is 35.5. The quantitative estimate of drug-likeness (QED) is 0.841. The lowest BCUT2D eigenvalue weighted by molar-refractivity contribution is 0.0696. The Labute approximate surface area is 126 Å². The molecule has 1 rings (SSSR count). The molecule has 10 heteroatoms. The van der Waals surface area contributed by atoms with Crippen LogP contribution in [-0.4, -0.2) is 39.9 Å². The van der Waals surface area contributed by atoms with E-state index in [1.807, 2.05) is 0 Å². The number of hydrogen-bond acceptors (Lipinski definition) is 6. The molecule has 0 atom stereocenters. The van der Waals surface area contributed by atoms with Gasteiger partial charge in [0.1, 0.15) is 4.90 Å². The summed E-state index contributed by atoms with van der Waals surface area (Å²) in [6, 6.07) is 3.42. The molecule has 0 aliphatic heterocycles. The number of benzene rings is 1. The third-order valence-electron chi connectivity index (χ3n) is 2.48. The van der Waals surface area contributed by atoms with Gasteiger partial charge in [-0.2, -0.15) is 5.26 Å². The Hall–Kier alpha value is -1.63. The summed E-state index contributed by atoms with van der Waals surface area (Å²) in [5, 5.41) is 16.7. The van der Waals surface area contributed by atoms with Crippen molar-refractivity contribution in [3.63, 3.8) is 0 Å². The summed E-state index contributed by atoms with van der Waals surface area (Å²) in [6.07, 6.45) is 0.404. The molecule has 0 aliphatic carbocycles. The fraction of sp³-hybridized carbons (Fsp3) is 0.273. The molecule has 0 aliphatic rings. The lowest BCUT2D eigenvalue weighted by Crippen LogP contribution is -2.15. The van der Waals surface area contributed by atoms with Gasteiger partial charge in [0.25, 0.3) is 0 Å². The van der Waals surface area contributed by atoms with Crippen LogP contribution in [0.3, 0.4) is 0 Å². The molecule has 0 bridgehead atoms. The molecular weight excluding hydrogens is 342 g/mol. The molecule has 7 nitrogen and oxygen atoms in total. The summed E-state index contributed by atoms with van der Waals surface area (Å²) in [6.45, 7) is 0. The van der Waals surface area contributed by atoms with Crippen molar-refractivity contribution in [1.82, 2.24) is 0 Å². The van der Waals surface area contributed by atoms with Gasteiger partial charge in [-0.05, 0) is 12.1 Å². The van der Waals surface area contributed by atoms with E-state index in [1.165, 1.54) is 0 Å². The second kappa shape index (κ2) is 6.01. The molecular formula is C11H10ClNO6S2. The Morgan fingerprint density at radius 1 is 1.33 bits per heavy atom. The van der Waals surface area contributed by atoms with E-state index in [4.69, 9.17) is 22.0 Å². The van der Waals surface area contributed by atoms with Gasteiger partial charge in [-0.25, -0.2) is 21.6 Å². The van der Waals surface area contributed by atoms with E-state index < -0.39 is 51.8 Å². The smallest absolute Gasteiger partial charge is 0.337 e. The normalized spacial score (nSPS) is 11.9. The monoisotopic (exact) mass is 351 g/mol. The van der Waals surface area contributed by atoms with Crippen LogP contribution in [0, 0.1) is 11.3 Å². The molecule has 0 saturated carbocycles. The molecule has 21 heavy (non-hydrogen) atoms. The Balaban J connectivity index is 3.79. The van der Waals surface area contributed by atoms with E-state index in [0.29, 0.717) is 0 Å². The Kier molecular flexibility index (Phi) is 4.99. The van der Waals surface area contributed by atoms with E-state index in [0.717, 1.165) is 18.4 Å². The SMILES string of the molecule is CS(=O)(=O)c1ccc(C(=O)O)c(Cl)c1S(=O)(=O)CCC#N. The molecule has 0 amide bonds. The number of rotatable bonds is 5. The third kappa shape index (κ3) is 3.72. The second-order valence-corrected chi connectivity index (χ2v) is 8.47. The Morgan fingerprint density at radius 3 is 2.33 bits per heavy atom. The van der Waals surface area contributed by atoms with Crippen molar-refractivity contribution in [2.24, 2.45) is 0 Å². The molecule has 0 saturated heterocycles. The van der Waals surface area contributed by atoms with Crippen molar-refractivity contribution >= 4 is 37.2 Å². The molecule has 0 heterocycles. The number of hydrogen-bond donors (Lipinski definition) is 1. The van der Waals surface area contributed by atoms with Gasteiger partial charge in [0.2, 0.25) is 0 Å². The van der Waals surface area contributed by atoms with Crippen LogP contribution in [0.1, 0.15) is 16.8 Å². The zero-order valence-corrected chi connectivity index (χ0v) is 13.1. The van der Waals surface area contributed by atoms with Crippen LogP contribution in [0.15, 0.2) is 21.9 Å². The van der Waals surface area contributed by atoms with Gasteiger partial charge in [0.15, 0.2) is 19.7 Å². The van der Waals surface area contributed by atoms with Crippen molar-refractivity contribution < 1.29 is 26.7 Å². The maximum Gasteiger partial charge on any atom is 0.337 e. The van der Waals surface area contributed by atoms with Crippen LogP contribution in [0.5, 0.6) is 0 Å². The van der Waals surface area contributed by atoms with Crippen molar-refractivity contribution in [1.29, 1.82) is 5.26 Å². The highest BCUT2D eigenvalue weighted by Gasteiger charge is 2.30. The van der Waals surface area contributed by atoms with Crippen LogP contribution in [0.2, 0.25) is 5.02 Å². The highest BCUT2D eigenvalue weighted by Crippen LogP contribution is 2.33. The summed E-state index contributed by atoms with van der Waals surface area (Å²) in [4.78, 5) is 9.63. The van der Waals surface area contributed by atoms with E-state index in [9.17, 15) is 21.6 Å². The number of carboxylic acid groups (broad SMARTS) is 1. The number of aromatic carboxylic acids is 1. The lowest BCUT2D eigenvalue weighted by atomic mass is 10.2. The van der Waals surface area contributed by atoms with Crippen LogP contribution in [0.25, 0.3) is 0 Å². The third-order valence-corrected chi connectivity index (χ3v) is 6.05. The molecule has 0 fully saturated rings. The molecule has 1 N–H and O–H groups in total. The largest absolute Gasteiger partial charge is 0.478 e.